The normalized spacial score (nSPS) is 12.4. The zero-order valence-electron chi connectivity index (χ0n) is 8.36. The van der Waals surface area contributed by atoms with Gasteiger partial charge in [0, 0.05) is 11.4 Å². The lowest BCUT2D eigenvalue weighted by Gasteiger charge is -2.14. The highest BCUT2D eigenvalue weighted by atomic mass is 35.5. The van der Waals surface area contributed by atoms with E-state index >= 15 is 0 Å². The lowest BCUT2D eigenvalue weighted by Crippen LogP contribution is -2.22. The van der Waals surface area contributed by atoms with E-state index in [1.807, 2.05) is 6.92 Å². The topological polar surface area (TPSA) is 62.2 Å². The van der Waals surface area contributed by atoms with Gasteiger partial charge in [0.15, 0.2) is 5.13 Å². The smallest absolute Gasteiger partial charge is 0.305 e. The van der Waals surface area contributed by atoms with E-state index in [4.69, 9.17) is 16.7 Å². The second-order valence-electron chi connectivity index (χ2n) is 3.20. The molecule has 0 bridgehead atoms. The number of aliphatic carboxylic acids is 1. The number of carboxylic acids is 1. The molecule has 84 valence electrons. The Bertz CT molecular complexity index is 330. The second kappa shape index (κ2) is 5.92. The van der Waals surface area contributed by atoms with E-state index < -0.39 is 5.97 Å². The van der Waals surface area contributed by atoms with Crippen LogP contribution in [0, 0.1) is 0 Å². The summed E-state index contributed by atoms with van der Waals surface area (Å²) in [7, 11) is 0. The highest BCUT2D eigenvalue weighted by molar-refractivity contribution is 7.14. The van der Waals surface area contributed by atoms with Crippen LogP contribution in [0.5, 0.6) is 0 Å². The van der Waals surface area contributed by atoms with Crippen molar-refractivity contribution >= 4 is 34.0 Å². The van der Waals surface area contributed by atoms with Crippen LogP contribution in [0.25, 0.3) is 0 Å². The maximum Gasteiger partial charge on any atom is 0.305 e. The van der Waals surface area contributed by atoms with Gasteiger partial charge in [-0.3, -0.25) is 4.79 Å². The van der Waals surface area contributed by atoms with Gasteiger partial charge >= 0.3 is 5.97 Å². The second-order valence-corrected chi connectivity index (χ2v) is 4.45. The standard InChI is InChI=1S/C9H13ClN2O2S/c1-2-3-6(4-8(13)14)11-9-12-7(10)5-15-9/h5-6H,2-4H2,1H3,(H,11,12)(H,13,14). The first-order valence-corrected chi connectivity index (χ1v) is 5.97. The van der Waals surface area contributed by atoms with Gasteiger partial charge in [0.25, 0.3) is 0 Å². The Labute approximate surface area is 97.3 Å². The minimum absolute atomic E-state index is 0.0743. The summed E-state index contributed by atoms with van der Waals surface area (Å²) in [6.45, 7) is 2.02. The number of rotatable bonds is 6. The summed E-state index contributed by atoms with van der Waals surface area (Å²) < 4.78 is 0. The number of carbonyl (C=O) groups is 1. The molecule has 2 N–H and O–H groups in total. The molecule has 0 aliphatic heterocycles. The maximum atomic E-state index is 10.6. The zero-order valence-corrected chi connectivity index (χ0v) is 9.94. The minimum Gasteiger partial charge on any atom is -0.481 e. The third kappa shape index (κ3) is 4.48. The van der Waals surface area contributed by atoms with E-state index in [0.717, 1.165) is 12.8 Å². The number of nitrogens with one attached hydrogen (secondary N) is 1. The number of thiazole rings is 1. The van der Waals surface area contributed by atoms with Crippen LogP contribution < -0.4 is 5.32 Å². The van der Waals surface area contributed by atoms with Gasteiger partial charge in [-0.25, -0.2) is 4.98 Å². The summed E-state index contributed by atoms with van der Waals surface area (Å²) in [4.78, 5) is 14.6. The van der Waals surface area contributed by atoms with E-state index in [0.29, 0.717) is 10.3 Å². The fourth-order valence-corrected chi connectivity index (χ4v) is 2.20. The Kier molecular flexibility index (Phi) is 4.84. The summed E-state index contributed by atoms with van der Waals surface area (Å²) in [5, 5.41) is 14.6. The first-order chi connectivity index (χ1) is 7.11. The van der Waals surface area contributed by atoms with Crippen molar-refractivity contribution < 1.29 is 9.90 Å². The molecule has 0 spiro atoms. The van der Waals surface area contributed by atoms with Crippen LogP contribution in [0.3, 0.4) is 0 Å². The van der Waals surface area contributed by atoms with Crippen molar-refractivity contribution in [1.29, 1.82) is 0 Å². The Morgan fingerprint density at radius 2 is 2.53 bits per heavy atom. The molecule has 0 amide bonds. The molecule has 1 heterocycles. The molecule has 6 heteroatoms. The predicted molar refractivity (Wildman–Crippen MR) is 61.7 cm³/mol. The minimum atomic E-state index is -0.802. The van der Waals surface area contributed by atoms with Crippen LogP contribution in [0.2, 0.25) is 5.15 Å². The van der Waals surface area contributed by atoms with E-state index in [2.05, 4.69) is 10.3 Å². The number of aromatic nitrogens is 1. The first-order valence-electron chi connectivity index (χ1n) is 4.71. The van der Waals surface area contributed by atoms with Gasteiger partial charge in [0.05, 0.1) is 6.42 Å². The van der Waals surface area contributed by atoms with Crippen LogP contribution in [0.4, 0.5) is 5.13 Å². The molecule has 1 rings (SSSR count). The Morgan fingerprint density at radius 3 is 3.00 bits per heavy atom. The molecule has 0 saturated carbocycles. The van der Waals surface area contributed by atoms with Gasteiger partial charge in [0.1, 0.15) is 5.15 Å². The van der Waals surface area contributed by atoms with Crippen molar-refractivity contribution in [3.63, 3.8) is 0 Å². The molecule has 0 aliphatic carbocycles. The number of nitrogens with zero attached hydrogens (tertiary/aromatic N) is 1. The van der Waals surface area contributed by atoms with E-state index in [-0.39, 0.29) is 12.5 Å². The number of hydrogen-bond acceptors (Lipinski definition) is 4. The van der Waals surface area contributed by atoms with E-state index in [1.54, 1.807) is 5.38 Å². The SMILES string of the molecule is CCCC(CC(=O)O)Nc1nc(Cl)cs1. The first kappa shape index (κ1) is 12.3. The number of carboxylic acid groups (broad SMARTS) is 1. The average Bonchev–Trinajstić information content (AvgIpc) is 2.50. The Morgan fingerprint density at radius 1 is 1.80 bits per heavy atom. The van der Waals surface area contributed by atoms with Crippen molar-refractivity contribution in [2.24, 2.45) is 0 Å². The monoisotopic (exact) mass is 248 g/mol. The Balaban J connectivity index is 2.53. The molecule has 1 unspecified atom stereocenters. The summed E-state index contributed by atoms with van der Waals surface area (Å²) in [5.74, 6) is -0.802. The van der Waals surface area contributed by atoms with Crippen molar-refractivity contribution in [2.45, 2.75) is 32.2 Å². The molecule has 15 heavy (non-hydrogen) atoms. The van der Waals surface area contributed by atoms with Gasteiger partial charge < -0.3 is 10.4 Å². The predicted octanol–water partition coefficient (Wildman–Crippen LogP) is 2.85. The molecule has 4 nitrogen and oxygen atoms in total. The van der Waals surface area contributed by atoms with Crippen molar-refractivity contribution in [1.82, 2.24) is 4.98 Å². The third-order valence-electron chi connectivity index (χ3n) is 1.86. The van der Waals surface area contributed by atoms with Crippen LogP contribution in [0.15, 0.2) is 5.38 Å². The van der Waals surface area contributed by atoms with Crippen LogP contribution >= 0.6 is 22.9 Å². The average molecular weight is 249 g/mol. The largest absolute Gasteiger partial charge is 0.481 e. The molecule has 1 aromatic heterocycles. The molecule has 0 saturated heterocycles. The number of hydrogen-bond donors (Lipinski definition) is 2. The van der Waals surface area contributed by atoms with Crippen molar-refractivity contribution in [3.05, 3.63) is 10.5 Å². The van der Waals surface area contributed by atoms with Gasteiger partial charge in [-0.2, -0.15) is 0 Å². The van der Waals surface area contributed by atoms with E-state index in [1.165, 1.54) is 11.3 Å². The zero-order chi connectivity index (χ0) is 11.3. The van der Waals surface area contributed by atoms with Gasteiger partial charge in [0.2, 0.25) is 0 Å². The summed E-state index contributed by atoms with van der Waals surface area (Å²) in [6, 6.07) is -0.0743. The van der Waals surface area contributed by atoms with E-state index in [9.17, 15) is 4.79 Å². The quantitative estimate of drug-likeness (QED) is 0.813. The van der Waals surface area contributed by atoms with Crippen LogP contribution in [0.1, 0.15) is 26.2 Å². The molecule has 0 radical (unpaired) electrons. The summed E-state index contributed by atoms with van der Waals surface area (Å²) >= 11 is 7.05. The molecular weight excluding hydrogens is 236 g/mol. The van der Waals surface area contributed by atoms with Crippen molar-refractivity contribution in [3.8, 4) is 0 Å². The third-order valence-corrected chi connectivity index (χ3v) is 2.96. The molecule has 0 fully saturated rings. The van der Waals surface area contributed by atoms with Gasteiger partial charge in [-0.15, -0.1) is 11.3 Å². The molecule has 0 aliphatic rings. The molecule has 0 aromatic carbocycles. The summed E-state index contributed by atoms with van der Waals surface area (Å²) in [5.41, 5.74) is 0. The highest BCUT2D eigenvalue weighted by Crippen LogP contribution is 2.21. The fourth-order valence-electron chi connectivity index (χ4n) is 1.28. The molecule has 1 aromatic rings. The highest BCUT2D eigenvalue weighted by Gasteiger charge is 2.13. The lowest BCUT2D eigenvalue weighted by molar-refractivity contribution is -0.137. The molecule has 1 atom stereocenters. The number of halogens is 1. The van der Waals surface area contributed by atoms with Crippen LogP contribution in [-0.2, 0) is 4.79 Å². The Hall–Kier alpha value is -0.810. The summed E-state index contributed by atoms with van der Waals surface area (Å²) in [6.07, 6.45) is 1.85. The molecular formula is C9H13ClN2O2S. The maximum absolute atomic E-state index is 10.6. The fraction of sp³-hybridized carbons (Fsp3) is 0.556. The van der Waals surface area contributed by atoms with Crippen LogP contribution in [-0.4, -0.2) is 22.1 Å². The van der Waals surface area contributed by atoms with Gasteiger partial charge in [-0.1, -0.05) is 24.9 Å². The van der Waals surface area contributed by atoms with Crippen molar-refractivity contribution in [2.75, 3.05) is 5.32 Å². The number of anilines is 1. The van der Waals surface area contributed by atoms with Gasteiger partial charge in [-0.05, 0) is 6.42 Å². The lowest BCUT2D eigenvalue weighted by atomic mass is 10.1.